The van der Waals surface area contributed by atoms with Gasteiger partial charge in [0.25, 0.3) is 5.69 Å². The number of nitrogens with zero attached hydrogens (tertiary/aromatic N) is 4. The number of esters is 3. The van der Waals surface area contributed by atoms with Crippen LogP contribution in [-0.2, 0) is 33.3 Å². The van der Waals surface area contributed by atoms with Crippen molar-refractivity contribution in [3.8, 4) is 0 Å². The summed E-state index contributed by atoms with van der Waals surface area (Å²) in [4.78, 5) is 45.5. The number of carbonyl (C=O) groups is 3. The lowest BCUT2D eigenvalue weighted by atomic mass is 10.0. The number of aromatic nitrogens is 3. The Bertz CT molecular complexity index is 1000. The molecule has 30 heavy (non-hydrogen) atoms. The number of rotatable bonds is 5. The predicted octanol–water partition coefficient (Wildman–Crippen LogP) is 0.663. The molecule has 1 aromatic carbocycles. The number of hydrogen-bond acceptors (Lipinski definition) is 11. The Morgan fingerprint density at radius 3 is 2.33 bits per heavy atom. The molecule has 2 heterocycles. The van der Waals surface area contributed by atoms with Gasteiger partial charge < -0.3 is 18.9 Å². The lowest BCUT2D eigenvalue weighted by Crippen LogP contribution is -2.55. The zero-order valence-electron chi connectivity index (χ0n) is 16.2. The minimum absolute atomic E-state index is 0.00109. The highest BCUT2D eigenvalue weighted by Gasteiger charge is 2.48. The zero-order chi connectivity index (χ0) is 22.0. The van der Waals surface area contributed by atoms with Crippen molar-refractivity contribution in [3.63, 3.8) is 0 Å². The topological polar surface area (TPSA) is 162 Å². The van der Waals surface area contributed by atoms with E-state index >= 15 is 0 Å². The monoisotopic (exact) mass is 422 g/mol. The van der Waals surface area contributed by atoms with Crippen molar-refractivity contribution in [2.24, 2.45) is 0 Å². The highest BCUT2D eigenvalue weighted by atomic mass is 16.6. The molecule has 13 nitrogen and oxygen atoms in total. The average molecular weight is 422 g/mol. The van der Waals surface area contributed by atoms with Gasteiger partial charge in [-0.1, -0.05) is 11.3 Å². The van der Waals surface area contributed by atoms with E-state index in [1.165, 1.54) is 29.8 Å². The van der Waals surface area contributed by atoms with E-state index in [9.17, 15) is 24.5 Å². The van der Waals surface area contributed by atoms with Crippen LogP contribution in [0.3, 0.4) is 0 Å². The highest BCUT2D eigenvalue weighted by Crippen LogP contribution is 2.33. The van der Waals surface area contributed by atoms with E-state index in [4.69, 9.17) is 18.9 Å². The van der Waals surface area contributed by atoms with E-state index in [0.29, 0.717) is 0 Å². The molecule has 0 N–H and O–H groups in total. The first kappa shape index (κ1) is 21.1. The van der Waals surface area contributed by atoms with Gasteiger partial charge in [-0.3, -0.25) is 24.5 Å². The number of nitro groups is 1. The van der Waals surface area contributed by atoms with E-state index in [1.54, 1.807) is 0 Å². The maximum atomic E-state index is 11.7. The Hall–Kier alpha value is -3.61. The molecule has 13 heteroatoms. The summed E-state index contributed by atoms with van der Waals surface area (Å²) in [5.41, 5.74) is -0.0365. The van der Waals surface area contributed by atoms with Crippen LogP contribution < -0.4 is 0 Å². The molecule has 0 aliphatic carbocycles. The second-order valence-corrected chi connectivity index (χ2v) is 6.46. The first-order valence-electron chi connectivity index (χ1n) is 8.80. The quantitative estimate of drug-likeness (QED) is 0.288. The van der Waals surface area contributed by atoms with Gasteiger partial charge in [0.05, 0.1) is 17.0 Å². The van der Waals surface area contributed by atoms with Crippen LogP contribution in [0, 0.1) is 10.1 Å². The predicted molar refractivity (Wildman–Crippen MR) is 95.8 cm³/mol. The molecule has 0 saturated carbocycles. The second kappa shape index (κ2) is 8.41. The molecule has 1 aliphatic rings. The molecule has 0 bridgehead atoms. The normalized spacial score (nSPS) is 23.6. The Balaban J connectivity index is 2.07. The molecule has 1 aromatic heterocycles. The van der Waals surface area contributed by atoms with Crippen LogP contribution in [0.15, 0.2) is 18.2 Å². The molecular weight excluding hydrogens is 404 g/mol. The number of hydrogen-bond donors (Lipinski definition) is 0. The Kier molecular flexibility index (Phi) is 5.91. The summed E-state index contributed by atoms with van der Waals surface area (Å²) in [7, 11) is 0. The fraction of sp³-hybridized carbons (Fsp3) is 0.471. The van der Waals surface area contributed by atoms with Crippen LogP contribution in [0.25, 0.3) is 11.0 Å². The smallest absolute Gasteiger partial charge is 0.303 e. The Morgan fingerprint density at radius 2 is 1.73 bits per heavy atom. The van der Waals surface area contributed by atoms with Gasteiger partial charge >= 0.3 is 17.9 Å². The summed E-state index contributed by atoms with van der Waals surface area (Å²) >= 11 is 0. The molecule has 1 fully saturated rings. The van der Waals surface area contributed by atoms with Crippen molar-refractivity contribution >= 4 is 34.6 Å². The molecule has 4 unspecified atom stereocenters. The Morgan fingerprint density at radius 1 is 1.10 bits per heavy atom. The molecular formula is C17H18N4O9. The third kappa shape index (κ3) is 4.20. The molecule has 0 amide bonds. The van der Waals surface area contributed by atoms with Crippen LogP contribution in [0.5, 0.6) is 0 Å². The van der Waals surface area contributed by atoms with Gasteiger partial charge in [-0.25, -0.2) is 4.68 Å². The number of fused-ring (bicyclic) bond motifs is 1. The number of nitro benzene ring substituents is 1. The van der Waals surface area contributed by atoms with Gasteiger partial charge in [0.2, 0.25) is 0 Å². The highest BCUT2D eigenvalue weighted by molar-refractivity contribution is 5.84. The summed E-state index contributed by atoms with van der Waals surface area (Å²) in [6.45, 7) is 3.24. The maximum Gasteiger partial charge on any atom is 0.303 e. The first-order valence-corrected chi connectivity index (χ1v) is 8.80. The summed E-state index contributed by atoms with van der Waals surface area (Å²) in [5.74, 6) is -2.07. The number of non-ortho nitro benzene ring substituents is 1. The lowest BCUT2D eigenvalue weighted by Gasteiger charge is -2.40. The number of carbonyl (C=O) groups excluding carboxylic acids is 3. The fourth-order valence-electron chi connectivity index (χ4n) is 3.22. The zero-order valence-corrected chi connectivity index (χ0v) is 16.2. The van der Waals surface area contributed by atoms with Gasteiger partial charge in [0.15, 0.2) is 30.1 Å². The van der Waals surface area contributed by atoms with Gasteiger partial charge in [-0.2, -0.15) is 0 Å². The molecule has 3 rings (SSSR count). The van der Waals surface area contributed by atoms with Gasteiger partial charge in [0, 0.05) is 26.8 Å². The minimum Gasteiger partial charge on any atom is -0.456 e. The van der Waals surface area contributed by atoms with Crippen molar-refractivity contribution in [2.45, 2.75) is 45.3 Å². The number of ether oxygens (including phenoxy) is 4. The SMILES string of the molecule is CC(=O)OC1COC(n2nnc3c([N+](=O)[O-])cccc32)C(OC(C)=O)C1OC(C)=O. The molecule has 1 aliphatic heterocycles. The summed E-state index contributed by atoms with van der Waals surface area (Å²) in [5, 5.41) is 19.0. The Labute approximate surface area is 169 Å². The molecule has 2 aromatic rings. The third-order valence-electron chi connectivity index (χ3n) is 4.24. The largest absolute Gasteiger partial charge is 0.456 e. The van der Waals surface area contributed by atoms with E-state index < -0.39 is 47.4 Å². The van der Waals surface area contributed by atoms with Crippen molar-refractivity contribution in [1.29, 1.82) is 0 Å². The molecule has 0 spiro atoms. The standard InChI is InChI=1S/C17H18N4O9/c1-8(22)28-13-7-27-17(16(30-10(3)24)15(13)29-9(2)23)20-11-5-4-6-12(21(25)26)14(11)18-19-20/h4-6,13,15-17H,7H2,1-3H3. The molecule has 4 atom stereocenters. The first-order chi connectivity index (χ1) is 14.2. The van der Waals surface area contributed by atoms with Gasteiger partial charge in [-0.15, -0.1) is 5.10 Å². The molecule has 160 valence electrons. The van der Waals surface area contributed by atoms with E-state index in [2.05, 4.69) is 10.3 Å². The van der Waals surface area contributed by atoms with Gasteiger partial charge in [0.1, 0.15) is 0 Å². The average Bonchev–Trinajstić information content (AvgIpc) is 3.07. The summed E-state index contributed by atoms with van der Waals surface area (Å²) in [6, 6.07) is 4.23. The second-order valence-electron chi connectivity index (χ2n) is 6.46. The fourth-order valence-corrected chi connectivity index (χ4v) is 3.22. The van der Waals surface area contributed by atoms with Crippen LogP contribution >= 0.6 is 0 Å². The van der Waals surface area contributed by atoms with E-state index in [1.807, 2.05) is 0 Å². The lowest BCUT2D eigenvalue weighted by molar-refractivity contribution is -0.383. The van der Waals surface area contributed by atoms with E-state index in [0.717, 1.165) is 13.8 Å². The summed E-state index contributed by atoms with van der Waals surface area (Å²) < 4.78 is 22.7. The van der Waals surface area contributed by atoms with Gasteiger partial charge in [-0.05, 0) is 6.07 Å². The van der Waals surface area contributed by atoms with Crippen molar-refractivity contribution in [3.05, 3.63) is 28.3 Å². The summed E-state index contributed by atoms with van der Waals surface area (Å²) in [6.07, 6.45) is -4.67. The van der Waals surface area contributed by atoms with Crippen LogP contribution in [0.4, 0.5) is 5.69 Å². The van der Waals surface area contributed by atoms with Crippen molar-refractivity contribution in [2.75, 3.05) is 6.61 Å². The van der Waals surface area contributed by atoms with E-state index in [-0.39, 0.29) is 23.3 Å². The molecule has 1 saturated heterocycles. The van der Waals surface area contributed by atoms with Crippen LogP contribution in [0.2, 0.25) is 0 Å². The minimum atomic E-state index is -1.27. The number of benzene rings is 1. The van der Waals surface area contributed by atoms with Crippen LogP contribution in [0.1, 0.15) is 27.0 Å². The maximum absolute atomic E-state index is 11.7. The van der Waals surface area contributed by atoms with Crippen molar-refractivity contribution < 1.29 is 38.3 Å². The van der Waals surface area contributed by atoms with Crippen molar-refractivity contribution in [1.82, 2.24) is 15.0 Å². The third-order valence-corrected chi connectivity index (χ3v) is 4.24. The molecule has 0 radical (unpaired) electrons. The van der Waals surface area contributed by atoms with Crippen LogP contribution in [-0.4, -0.2) is 62.7 Å².